The van der Waals surface area contributed by atoms with Gasteiger partial charge in [-0.05, 0) is 30.7 Å². The minimum absolute atomic E-state index is 0.270. The predicted molar refractivity (Wildman–Crippen MR) is 94.3 cm³/mol. The Morgan fingerprint density at radius 1 is 1.33 bits per heavy atom. The molecule has 0 aliphatic carbocycles. The number of carbonyl (C=O) groups excluding carboxylic acids is 1. The molecule has 2 aromatic carbocycles. The summed E-state index contributed by atoms with van der Waals surface area (Å²) in [6.45, 7) is 2.15. The first kappa shape index (κ1) is 17.3. The first-order valence-electron chi connectivity index (χ1n) is 7.86. The van der Waals surface area contributed by atoms with Gasteiger partial charge in [-0.15, -0.1) is 0 Å². The van der Waals surface area contributed by atoms with E-state index in [2.05, 4.69) is 21.2 Å². The number of rotatable bonds is 4. The number of hydrogen-bond acceptors (Lipinski definition) is 3. The molecule has 0 bridgehead atoms. The molecule has 3 atom stereocenters. The molecule has 126 valence electrons. The van der Waals surface area contributed by atoms with Gasteiger partial charge in [0.15, 0.2) is 0 Å². The smallest absolute Gasteiger partial charge is 0.139 e. The van der Waals surface area contributed by atoms with E-state index in [1.54, 1.807) is 12.1 Å². The molecule has 1 heterocycles. The zero-order chi connectivity index (χ0) is 17.2. The number of benzene rings is 2. The van der Waals surface area contributed by atoms with Crippen LogP contribution in [0.15, 0.2) is 53.0 Å². The topological polar surface area (TPSA) is 38.3 Å². The summed E-state index contributed by atoms with van der Waals surface area (Å²) in [4.78, 5) is 11.6. The van der Waals surface area contributed by atoms with Crippen LogP contribution in [0.4, 0.5) is 4.39 Å². The van der Waals surface area contributed by atoms with Crippen molar-refractivity contribution in [1.82, 2.24) is 5.32 Å². The lowest BCUT2D eigenvalue weighted by atomic mass is 9.88. The monoisotopic (exact) mass is 391 g/mol. The highest BCUT2D eigenvalue weighted by Gasteiger charge is 2.40. The number of aldehydes is 1. The van der Waals surface area contributed by atoms with Crippen LogP contribution in [0.25, 0.3) is 0 Å². The SMILES string of the molecule is CC1(c2cc(Br)ccc2F)COC(Cc2ccccc2)C(C=O)N1. The van der Waals surface area contributed by atoms with Crippen LogP contribution >= 0.6 is 15.9 Å². The van der Waals surface area contributed by atoms with Crippen molar-refractivity contribution in [2.75, 3.05) is 6.61 Å². The molecule has 3 unspecified atom stereocenters. The summed E-state index contributed by atoms with van der Waals surface area (Å²) in [5.41, 5.74) is 0.836. The Morgan fingerprint density at radius 3 is 2.79 bits per heavy atom. The van der Waals surface area contributed by atoms with Crippen molar-refractivity contribution in [2.24, 2.45) is 0 Å². The van der Waals surface area contributed by atoms with E-state index in [-0.39, 0.29) is 11.9 Å². The number of hydrogen-bond donors (Lipinski definition) is 1. The van der Waals surface area contributed by atoms with Crippen LogP contribution < -0.4 is 5.32 Å². The Kier molecular flexibility index (Phi) is 5.13. The lowest BCUT2D eigenvalue weighted by molar-refractivity contribution is -0.121. The second kappa shape index (κ2) is 7.13. The maximum atomic E-state index is 14.3. The van der Waals surface area contributed by atoms with E-state index in [4.69, 9.17) is 4.74 Å². The third-order valence-electron chi connectivity index (χ3n) is 4.42. The van der Waals surface area contributed by atoms with E-state index < -0.39 is 11.6 Å². The molecule has 1 aliphatic rings. The quantitative estimate of drug-likeness (QED) is 0.809. The Bertz CT molecular complexity index is 725. The van der Waals surface area contributed by atoms with Crippen molar-refractivity contribution in [3.63, 3.8) is 0 Å². The molecule has 24 heavy (non-hydrogen) atoms. The average Bonchev–Trinajstić information content (AvgIpc) is 2.59. The molecular formula is C19H19BrFNO2. The number of nitrogens with one attached hydrogen (secondary N) is 1. The number of morpholine rings is 1. The zero-order valence-corrected chi connectivity index (χ0v) is 14.9. The molecule has 1 fully saturated rings. The second-order valence-electron chi connectivity index (χ2n) is 6.30. The largest absolute Gasteiger partial charge is 0.374 e. The fourth-order valence-electron chi connectivity index (χ4n) is 3.11. The molecule has 1 N–H and O–H groups in total. The fourth-order valence-corrected chi connectivity index (χ4v) is 3.47. The Hall–Kier alpha value is -1.56. The molecule has 0 spiro atoms. The summed E-state index contributed by atoms with van der Waals surface area (Å²) in [5, 5.41) is 3.28. The van der Waals surface area contributed by atoms with E-state index in [0.29, 0.717) is 18.6 Å². The lowest BCUT2D eigenvalue weighted by Gasteiger charge is -2.42. The molecular weight excluding hydrogens is 373 g/mol. The molecule has 0 aromatic heterocycles. The first-order chi connectivity index (χ1) is 11.5. The van der Waals surface area contributed by atoms with Gasteiger partial charge in [-0.2, -0.15) is 0 Å². The minimum Gasteiger partial charge on any atom is -0.374 e. The van der Waals surface area contributed by atoms with Crippen LogP contribution in [0.1, 0.15) is 18.1 Å². The third kappa shape index (κ3) is 3.58. The van der Waals surface area contributed by atoms with E-state index in [0.717, 1.165) is 16.3 Å². The molecule has 0 saturated carbocycles. The highest BCUT2D eigenvalue weighted by atomic mass is 79.9. The van der Waals surface area contributed by atoms with Crippen molar-refractivity contribution in [2.45, 2.75) is 31.0 Å². The van der Waals surface area contributed by atoms with Gasteiger partial charge in [-0.25, -0.2) is 4.39 Å². The van der Waals surface area contributed by atoms with Crippen molar-refractivity contribution in [1.29, 1.82) is 0 Å². The molecule has 1 saturated heterocycles. The standard InChI is InChI=1S/C19H19BrFNO2/c1-19(15-10-14(20)7-8-16(15)21)12-24-18(17(11-23)22-19)9-13-5-3-2-4-6-13/h2-8,10-11,17-18,22H,9,12H2,1H3. The van der Waals surface area contributed by atoms with E-state index in [1.807, 2.05) is 37.3 Å². The van der Waals surface area contributed by atoms with Crippen molar-refractivity contribution >= 4 is 22.2 Å². The minimum atomic E-state index is -0.757. The van der Waals surface area contributed by atoms with E-state index >= 15 is 0 Å². The molecule has 2 aromatic rings. The number of carbonyl (C=O) groups is 1. The molecule has 3 rings (SSSR count). The normalized spacial score (nSPS) is 27.0. The lowest BCUT2D eigenvalue weighted by Crippen LogP contribution is -2.60. The highest BCUT2D eigenvalue weighted by molar-refractivity contribution is 9.10. The molecule has 0 amide bonds. The molecule has 3 nitrogen and oxygen atoms in total. The Balaban J connectivity index is 1.81. The van der Waals surface area contributed by atoms with Crippen LogP contribution in [0, 0.1) is 5.82 Å². The van der Waals surface area contributed by atoms with Gasteiger partial charge in [0.2, 0.25) is 0 Å². The third-order valence-corrected chi connectivity index (χ3v) is 4.91. The van der Waals surface area contributed by atoms with Crippen molar-refractivity contribution < 1.29 is 13.9 Å². The molecule has 1 aliphatic heterocycles. The van der Waals surface area contributed by atoms with Gasteiger partial charge in [0.05, 0.1) is 24.3 Å². The van der Waals surface area contributed by atoms with Gasteiger partial charge in [0, 0.05) is 16.5 Å². The van der Waals surface area contributed by atoms with E-state index in [1.165, 1.54) is 6.07 Å². The maximum absolute atomic E-state index is 14.3. The summed E-state index contributed by atoms with van der Waals surface area (Å²) < 4.78 is 21.0. The maximum Gasteiger partial charge on any atom is 0.139 e. The van der Waals surface area contributed by atoms with Gasteiger partial charge in [-0.3, -0.25) is 5.32 Å². The summed E-state index contributed by atoms with van der Waals surface area (Å²) in [7, 11) is 0. The van der Waals surface area contributed by atoms with Crippen LogP contribution in [0.3, 0.4) is 0 Å². The number of halogens is 2. The van der Waals surface area contributed by atoms with Crippen LogP contribution in [-0.2, 0) is 21.5 Å². The van der Waals surface area contributed by atoms with Crippen molar-refractivity contribution in [3.05, 3.63) is 69.9 Å². The second-order valence-corrected chi connectivity index (χ2v) is 7.22. The predicted octanol–water partition coefficient (Wildman–Crippen LogP) is 3.60. The molecule has 0 radical (unpaired) electrons. The van der Waals surface area contributed by atoms with Crippen LogP contribution in [0.5, 0.6) is 0 Å². The van der Waals surface area contributed by atoms with Gasteiger partial charge >= 0.3 is 0 Å². The first-order valence-corrected chi connectivity index (χ1v) is 8.65. The number of ether oxygens (including phenoxy) is 1. The van der Waals surface area contributed by atoms with Gasteiger partial charge < -0.3 is 9.53 Å². The van der Waals surface area contributed by atoms with Gasteiger partial charge in [0.1, 0.15) is 12.1 Å². The summed E-state index contributed by atoms with van der Waals surface area (Å²) in [5.74, 6) is -0.317. The summed E-state index contributed by atoms with van der Waals surface area (Å²) in [6.07, 6.45) is 1.21. The summed E-state index contributed by atoms with van der Waals surface area (Å²) in [6, 6.07) is 14.2. The van der Waals surface area contributed by atoms with Crippen LogP contribution in [0.2, 0.25) is 0 Å². The van der Waals surface area contributed by atoms with E-state index in [9.17, 15) is 9.18 Å². The molecule has 5 heteroatoms. The van der Waals surface area contributed by atoms with Gasteiger partial charge in [-0.1, -0.05) is 46.3 Å². The zero-order valence-electron chi connectivity index (χ0n) is 13.3. The average molecular weight is 392 g/mol. The summed E-state index contributed by atoms with van der Waals surface area (Å²) >= 11 is 3.37. The Labute approximate surface area is 149 Å². The van der Waals surface area contributed by atoms with Crippen LogP contribution in [-0.4, -0.2) is 25.0 Å². The van der Waals surface area contributed by atoms with Gasteiger partial charge in [0.25, 0.3) is 0 Å². The Morgan fingerprint density at radius 2 is 2.08 bits per heavy atom. The van der Waals surface area contributed by atoms with Crippen molar-refractivity contribution in [3.8, 4) is 0 Å². The fraction of sp³-hybridized carbons (Fsp3) is 0.316. The highest BCUT2D eigenvalue weighted by Crippen LogP contribution is 2.31.